The van der Waals surface area contributed by atoms with Crippen LogP contribution in [0.5, 0.6) is 0 Å². The van der Waals surface area contributed by atoms with Crippen molar-refractivity contribution in [1.29, 1.82) is 0 Å². The number of aromatic nitrogens is 1. The Morgan fingerprint density at radius 1 is 1.56 bits per heavy atom. The summed E-state index contributed by atoms with van der Waals surface area (Å²) in [5.74, 6) is -0.491. The highest BCUT2D eigenvalue weighted by Crippen LogP contribution is 2.46. The maximum atomic E-state index is 11.2. The van der Waals surface area contributed by atoms with E-state index in [4.69, 9.17) is 5.11 Å². The molecule has 1 aromatic rings. The predicted octanol–water partition coefficient (Wildman–Crippen LogP) is 2.36. The van der Waals surface area contributed by atoms with Crippen LogP contribution in [0.25, 0.3) is 0 Å². The van der Waals surface area contributed by atoms with E-state index in [2.05, 4.69) is 6.92 Å². The number of aromatic carboxylic acids is 1. The monoisotopic (exact) mass is 221 g/mol. The second-order valence-corrected chi connectivity index (χ2v) is 4.35. The molecule has 0 aromatic carbocycles. The quantitative estimate of drug-likeness (QED) is 0.794. The van der Waals surface area contributed by atoms with E-state index in [1.54, 1.807) is 10.8 Å². The highest BCUT2D eigenvalue weighted by Gasteiger charge is 2.38. The van der Waals surface area contributed by atoms with Gasteiger partial charge in [-0.15, -0.1) is 0 Å². The van der Waals surface area contributed by atoms with Gasteiger partial charge in [-0.05, 0) is 25.3 Å². The number of carboxylic acids is 1. The largest absolute Gasteiger partial charge is 0.477 e. The van der Waals surface area contributed by atoms with E-state index in [-0.39, 0.29) is 17.5 Å². The van der Waals surface area contributed by atoms with Crippen LogP contribution in [-0.2, 0) is 0 Å². The summed E-state index contributed by atoms with van der Waals surface area (Å²) in [5.41, 5.74) is 0.713. The summed E-state index contributed by atoms with van der Waals surface area (Å²) >= 11 is 0. The van der Waals surface area contributed by atoms with E-state index in [1.807, 2.05) is 0 Å². The number of carboxylic acid groups (broad SMARTS) is 1. The van der Waals surface area contributed by atoms with Crippen molar-refractivity contribution < 1.29 is 14.7 Å². The smallest absolute Gasteiger partial charge is 0.352 e. The van der Waals surface area contributed by atoms with E-state index in [0.717, 1.165) is 12.8 Å². The molecular formula is C12H15NO3. The van der Waals surface area contributed by atoms with E-state index >= 15 is 0 Å². The Kier molecular flexibility index (Phi) is 2.58. The van der Waals surface area contributed by atoms with Crippen molar-refractivity contribution >= 4 is 11.8 Å². The molecule has 4 nitrogen and oxygen atoms in total. The van der Waals surface area contributed by atoms with Gasteiger partial charge in [-0.1, -0.05) is 13.3 Å². The molecule has 2 atom stereocenters. The average Bonchev–Trinajstić information content (AvgIpc) is 2.86. The number of carbonyl (C=O) groups excluding carboxylic acids is 1. The predicted molar refractivity (Wildman–Crippen MR) is 58.8 cm³/mol. The molecule has 1 saturated carbocycles. The van der Waals surface area contributed by atoms with Crippen molar-refractivity contribution in [1.82, 2.24) is 4.57 Å². The van der Waals surface area contributed by atoms with E-state index < -0.39 is 5.97 Å². The van der Waals surface area contributed by atoms with Crippen LogP contribution < -0.4 is 0 Å². The van der Waals surface area contributed by atoms with Gasteiger partial charge in [-0.3, -0.25) is 4.79 Å². The van der Waals surface area contributed by atoms with Gasteiger partial charge in [-0.25, -0.2) is 4.79 Å². The van der Waals surface area contributed by atoms with E-state index in [9.17, 15) is 9.59 Å². The van der Waals surface area contributed by atoms with Crippen LogP contribution in [0.3, 0.4) is 0 Å². The third kappa shape index (κ3) is 1.75. The average molecular weight is 221 g/mol. The molecule has 0 radical (unpaired) electrons. The summed E-state index contributed by atoms with van der Waals surface area (Å²) in [6.07, 6.45) is 3.74. The SMILES string of the molecule is CCC1CC1n1cc(C(C)=O)cc1C(=O)O. The highest BCUT2D eigenvalue weighted by atomic mass is 16.4. The first-order chi connectivity index (χ1) is 7.54. The number of hydrogen-bond donors (Lipinski definition) is 1. The third-order valence-electron chi connectivity index (χ3n) is 3.24. The van der Waals surface area contributed by atoms with Gasteiger partial charge in [0.25, 0.3) is 0 Å². The van der Waals surface area contributed by atoms with E-state index in [1.165, 1.54) is 13.0 Å². The van der Waals surface area contributed by atoms with Gasteiger partial charge >= 0.3 is 5.97 Å². The van der Waals surface area contributed by atoms with Crippen molar-refractivity contribution in [3.05, 3.63) is 23.5 Å². The lowest BCUT2D eigenvalue weighted by atomic mass is 10.2. The molecular weight excluding hydrogens is 206 g/mol. The number of ketones is 1. The lowest BCUT2D eigenvalue weighted by molar-refractivity contribution is 0.0684. The summed E-state index contributed by atoms with van der Waals surface area (Å²) in [4.78, 5) is 22.3. The molecule has 2 rings (SSSR count). The van der Waals surface area contributed by atoms with Gasteiger partial charge in [-0.2, -0.15) is 0 Å². The second kappa shape index (κ2) is 3.77. The summed E-state index contributed by atoms with van der Waals surface area (Å²) in [6, 6.07) is 1.74. The van der Waals surface area contributed by atoms with Gasteiger partial charge in [0.05, 0.1) is 0 Å². The zero-order valence-electron chi connectivity index (χ0n) is 9.43. The first kappa shape index (κ1) is 10.9. The van der Waals surface area contributed by atoms with Gasteiger partial charge in [0.2, 0.25) is 0 Å². The zero-order valence-corrected chi connectivity index (χ0v) is 9.43. The molecule has 1 aliphatic carbocycles. The van der Waals surface area contributed by atoms with Crippen LogP contribution in [-0.4, -0.2) is 21.4 Å². The molecule has 1 aromatic heterocycles. The van der Waals surface area contributed by atoms with Gasteiger partial charge in [0, 0.05) is 17.8 Å². The second-order valence-electron chi connectivity index (χ2n) is 4.35. The molecule has 4 heteroatoms. The maximum Gasteiger partial charge on any atom is 0.352 e. The maximum absolute atomic E-state index is 11.2. The fourth-order valence-corrected chi connectivity index (χ4v) is 2.13. The topological polar surface area (TPSA) is 59.3 Å². The van der Waals surface area contributed by atoms with Gasteiger partial charge < -0.3 is 9.67 Å². The molecule has 0 spiro atoms. The van der Waals surface area contributed by atoms with Gasteiger partial charge in [0.15, 0.2) is 5.78 Å². The minimum atomic E-state index is -0.964. The van der Waals surface area contributed by atoms with E-state index in [0.29, 0.717) is 11.5 Å². The molecule has 0 bridgehead atoms. The Morgan fingerprint density at radius 3 is 2.69 bits per heavy atom. The Hall–Kier alpha value is -1.58. The summed E-state index contributed by atoms with van der Waals surface area (Å²) in [7, 11) is 0. The van der Waals surface area contributed by atoms with Crippen molar-refractivity contribution in [2.45, 2.75) is 32.7 Å². The summed E-state index contributed by atoms with van der Waals surface area (Å²) < 4.78 is 1.74. The highest BCUT2D eigenvalue weighted by molar-refractivity contribution is 5.97. The fraction of sp³-hybridized carbons (Fsp3) is 0.500. The Bertz CT molecular complexity index is 447. The number of Topliss-reactive ketones (excluding diaryl/α,β-unsaturated/α-hetero) is 1. The Balaban J connectivity index is 2.36. The molecule has 16 heavy (non-hydrogen) atoms. The lowest BCUT2D eigenvalue weighted by Crippen LogP contribution is -2.06. The fourth-order valence-electron chi connectivity index (χ4n) is 2.13. The molecule has 1 heterocycles. The normalized spacial score (nSPS) is 23.1. The molecule has 86 valence electrons. The molecule has 1 N–H and O–H groups in total. The molecule has 1 fully saturated rings. The molecule has 2 unspecified atom stereocenters. The van der Waals surface area contributed by atoms with Crippen LogP contribution in [0, 0.1) is 5.92 Å². The zero-order chi connectivity index (χ0) is 11.9. The number of nitrogens with zero attached hydrogens (tertiary/aromatic N) is 1. The van der Waals surface area contributed by atoms with Crippen molar-refractivity contribution in [3.63, 3.8) is 0 Å². The van der Waals surface area contributed by atoms with Crippen LogP contribution in [0.2, 0.25) is 0 Å². The summed E-state index contributed by atoms with van der Waals surface area (Å²) in [5, 5.41) is 9.06. The number of hydrogen-bond acceptors (Lipinski definition) is 2. The lowest BCUT2D eigenvalue weighted by Gasteiger charge is -2.04. The van der Waals surface area contributed by atoms with Crippen LogP contribution >= 0.6 is 0 Å². The molecule has 1 aliphatic rings. The molecule has 0 aliphatic heterocycles. The first-order valence-corrected chi connectivity index (χ1v) is 5.50. The third-order valence-corrected chi connectivity index (χ3v) is 3.24. The van der Waals surface area contributed by atoms with Crippen LogP contribution in [0.15, 0.2) is 12.3 Å². The van der Waals surface area contributed by atoms with Crippen molar-refractivity contribution in [3.8, 4) is 0 Å². The number of carbonyl (C=O) groups is 2. The Morgan fingerprint density at radius 2 is 2.25 bits per heavy atom. The molecule has 0 saturated heterocycles. The van der Waals surface area contributed by atoms with Crippen LogP contribution in [0.1, 0.15) is 53.6 Å². The Labute approximate surface area is 93.9 Å². The minimum absolute atomic E-state index is 0.0880. The number of rotatable bonds is 4. The minimum Gasteiger partial charge on any atom is -0.477 e. The van der Waals surface area contributed by atoms with Crippen molar-refractivity contribution in [2.24, 2.45) is 5.92 Å². The molecule has 0 amide bonds. The first-order valence-electron chi connectivity index (χ1n) is 5.50. The standard InChI is InChI=1S/C12H15NO3/c1-3-8-4-10(8)13-6-9(7(2)14)5-11(13)12(15)16/h5-6,8,10H,3-4H2,1-2H3,(H,15,16). The van der Waals surface area contributed by atoms with Crippen LogP contribution in [0.4, 0.5) is 0 Å². The summed E-state index contributed by atoms with van der Waals surface area (Å²) in [6.45, 7) is 3.55. The van der Waals surface area contributed by atoms with Crippen molar-refractivity contribution in [2.75, 3.05) is 0 Å². The van der Waals surface area contributed by atoms with Gasteiger partial charge in [0.1, 0.15) is 5.69 Å².